The van der Waals surface area contributed by atoms with Crippen LogP contribution in [0.1, 0.15) is 5.76 Å². The quantitative estimate of drug-likeness (QED) is 0.656. The van der Waals surface area contributed by atoms with Crippen LogP contribution in [0.15, 0.2) is 19.9 Å². The van der Waals surface area contributed by atoms with Crippen molar-refractivity contribution in [2.45, 2.75) is 12.1 Å². The molecule has 0 aliphatic carbocycles. The molecule has 1 aromatic rings. The molecular formula is C5HF5O3. The number of hydrogen-bond acceptors (Lipinski definition) is 3. The lowest BCUT2D eigenvalue weighted by atomic mass is 10.3. The summed E-state index contributed by atoms with van der Waals surface area (Å²) >= 11 is 0. The van der Waals surface area contributed by atoms with Gasteiger partial charge in [-0.1, -0.05) is 0 Å². The lowest BCUT2D eigenvalue weighted by Crippen LogP contribution is -2.33. The summed E-state index contributed by atoms with van der Waals surface area (Å²) in [7, 11) is 0. The maximum absolute atomic E-state index is 12.3. The van der Waals surface area contributed by atoms with Gasteiger partial charge in [0.15, 0.2) is 0 Å². The third-order valence-electron chi connectivity index (χ3n) is 1.12. The van der Waals surface area contributed by atoms with Crippen molar-refractivity contribution in [2.75, 3.05) is 0 Å². The Labute approximate surface area is 66.7 Å². The molecule has 0 N–H and O–H groups in total. The zero-order valence-electron chi connectivity index (χ0n) is 5.69. The molecular weight excluding hydrogens is 203 g/mol. The average Bonchev–Trinajstić information content (AvgIpc) is 2.33. The van der Waals surface area contributed by atoms with Gasteiger partial charge in [0, 0.05) is 0 Å². The zero-order chi connectivity index (χ0) is 10.3. The van der Waals surface area contributed by atoms with Crippen LogP contribution in [0, 0.1) is 0 Å². The summed E-state index contributed by atoms with van der Waals surface area (Å²) in [5.74, 6) is -8.68. The molecule has 0 aliphatic heterocycles. The first-order valence-corrected chi connectivity index (χ1v) is 2.79. The van der Waals surface area contributed by atoms with Crippen LogP contribution in [0.4, 0.5) is 22.0 Å². The fourth-order valence-corrected chi connectivity index (χ4v) is 0.517. The lowest BCUT2D eigenvalue weighted by molar-refractivity contribution is -0.295. The van der Waals surface area contributed by atoms with Gasteiger partial charge in [0.25, 0.3) is 0 Å². The summed E-state index contributed by atoms with van der Waals surface area (Å²) in [4.78, 5) is 10.0. The third-order valence-corrected chi connectivity index (χ3v) is 1.12. The van der Waals surface area contributed by atoms with Crippen molar-refractivity contribution in [1.29, 1.82) is 0 Å². The predicted molar refractivity (Wildman–Crippen MR) is 27.2 cm³/mol. The predicted octanol–water partition coefficient (Wildman–Crippen LogP) is 1.89. The molecule has 3 nitrogen and oxygen atoms in total. The molecule has 0 fully saturated rings. The summed E-state index contributed by atoms with van der Waals surface area (Å²) in [6.45, 7) is 0. The first-order valence-electron chi connectivity index (χ1n) is 2.79. The van der Waals surface area contributed by atoms with E-state index in [0.717, 1.165) is 0 Å². The van der Waals surface area contributed by atoms with E-state index in [1.807, 2.05) is 0 Å². The molecule has 0 radical (unpaired) electrons. The van der Waals surface area contributed by atoms with Gasteiger partial charge in [-0.3, -0.25) is 0 Å². The van der Waals surface area contributed by atoms with Crippen molar-refractivity contribution in [3.05, 3.63) is 22.6 Å². The van der Waals surface area contributed by atoms with Gasteiger partial charge in [-0.15, -0.1) is 0 Å². The van der Waals surface area contributed by atoms with E-state index in [9.17, 15) is 26.7 Å². The summed E-state index contributed by atoms with van der Waals surface area (Å²) in [5, 5.41) is 0. The first-order chi connectivity index (χ1) is 5.75. The summed E-state index contributed by atoms with van der Waals surface area (Å²) < 4.78 is 66.4. The van der Waals surface area contributed by atoms with E-state index in [1.165, 1.54) is 0 Å². The highest BCUT2D eigenvalue weighted by molar-refractivity contribution is 5.00. The highest BCUT2D eigenvalue weighted by atomic mass is 19.4. The minimum atomic E-state index is -5.81. The summed E-state index contributed by atoms with van der Waals surface area (Å²) in [6.07, 6.45) is -5.89. The maximum Gasteiger partial charge on any atom is 0.518 e. The standard InChI is InChI=1S/C5HF5O3/c6-4(7,5(8,9)10)2-1-12-3(11)13-2/h1H. The second kappa shape index (κ2) is 2.57. The van der Waals surface area contributed by atoms with Crippen LogP contribution >= 0.6 is 0 Å². The van der Waals surface area contributed by atoms with Crippen molar-refractivity contribution in [3.8, 4) is 0 Å². The number of rotatable bonds is 1. The number of halogens is 5. The Bertz CT molecular complexity index is 346. The van der Waals surface area contributed by atoms with Crippen molar-refractivity contribution in [2.24, 2.45) is 0 Å². The molecule has 1 aromatic heterocycles. The van der Waals surface area contributed by atoms with Gasteiger partial charge in [-0.2, -0.15) is 22.0 Å². The van der Waals surface area contributed by atoms with Crippen molar-refractivity contribution >= 4 is 0 Å². The largest absolute Gasteiger partial charge is 0.518 e. The first kappa shape index (κ1) is 9.75. The van der Waals surface area contributed by atoms with Crippen LogP contribution in [0.2, 0.25) is 0 Å². The fraction of sp³-hybridized carbons (Fsp3) is 0.400. The molecule has 0 amide bonds. The Morgan fingerprint density at radius 2 is 1.69 bits per heavy atom. The molecule has 0 saturated heterocycles. The van der Waals surface area contributed by atoms with E-state index in [1.54, 1.807) is 0 Å². The van der Waals surface area contributed by atoms with E-state index >= 15 is 0 Å². The van der Waals surface area contributed by atoms with Crippen molar-refractivity contribution < 1.29 is 30.8 Å². The Hall–Kier alpha value is -1.34. The van der Waals surface area contributed by atoms with Crippen LogP contribution in [0.5, 0.6) is 0 Å². The maximum atomic E-state index is 12.3. The van der Waals surface area contributed by atoms with Crippen LogP contribution in [0.25, 0.3) is 0 Å². The lowest BCUT2D eigenvalue weighted by Gasteiger charge is -2.15. The van der Waals surface area contributed by atoms with Gasteiger partial charge < -0.3 is 8.83 Å². The summed E-state index contributed by atoms with van der Waals surface area (Å²) in [5.41, 5.74) is 0. The highest BCUT2D eigenvalue weighted by Crippen LogP contribution is 2.43. The van der Waals surface area contributed by atoms with Gasteiger partial charge in [-0.25, -0.2) is 4.79 Å². The minimum Gasteiger partial charge on any atom is -0.399 e. The number of alkyl halides is 5. The molecule has 74 valence electrons. The van der Waals surface area contributed by atoms with Crippen molar-refractivity contribution in [3.63, 3.8) is 0 Å². The molecule has 0 bridgehead atoms. The Kier molecular flexibility index (Phi) is 1.93. The van der Waals surface area contributed by atoms with E-state index in [2.05, 4.69) is 8.83 Å². The molecule has 0 spiro atoms. The Balaban J connectivity index is 3.14. The van der Waals surface area contributed by atoms with Crippen LogP contribution in [0.3, 0.4) is 0 Å². The second-order valence-corrected chi connectivity index (χ2v) is 2.02. The Morgan fingerprint density at radius 1 is 1.15 bits per heavy atom. The van der Waals surface area contributed by atoms with Gasteiger partial charge in [0.2, 0.25) is 5.76 Å². The van der Waals surface area contributed by atoms with Crippen molar-refractivity contribution in [1.82, 2.24) is 0 Å². The molecule has 8 heteroatoms. The normalized spacial score (nSPS) is 13.3. The van der Waals surface area contributed by atoms with Gasteiger partial charge in [0.1, 0.15) is 6.26 Å². The molecule has 0 aliphatic rings. The van der Waals surface area contributed by atoms with Crippen LogP contribution < -0.4 is 5.82 Å². The van der Waals surface area contributed by atoms with Crippen LogP contribution in [-0.2, 0) is 5.92 Å². The average molecular weight is 204 g/mol. The van der Waals surface area contributed by atoms with E-state index < -0.39 is 23.7 Å². The molecule has 1 rings (SSSR count). The molecule has 13 heavy (non-hydrogen) atoms. The third kappa shape index (κ3) is 1.56. The second-order valence-electron chi connectivity index (χ2n) is 2.02. The summed E-state index contributed by atoms with van der Waals surface area (Å²) in [6, 6.07) is 0. The van der Waals surface area contributed by atoms with Gasteiger partial charge in [-0.05, 0) is 0 Å². The van der Waals surface area contributed by atoms with E-state index in [-0.39, 0.29) is 6.26 Å². The SMILES string of the molecule is O=c1occ(C(F)(F)C(F)(F)F)o1. The van der Waals surface area contributed by atoms with E-state index in [4.69, 9.17) is 0 Å². The van der Waals surface area contributed by atoms with Gasteiger partial charge in [0.05, 0.1) is 0 Å². The topological polar surface area (TPSA) is 43.4 Å². The van der Waals surface area contributed by atoms with Gasteiger partial charge >= 0.3 is 17.9 Å². The smallest absolute Gasteiger partial charge is 0.399 e. The molecule has 0 saturated carbocycles. The molecule has 0 unspecified atom stereocenters. The molecule has 0 atom stereocenters. The molecule has 0 aromatic carbocycles. The van der Waals surface area contributed by atoms with Crippen LogP contribution in [-0.4, -0.2) is 6.18 Å². The number of hydrogen-bond donors (Lipinski definition) is 0. The minimum absolute atomic E-state index is 0.0736. The van der Waals surface area contributed by atoms with E-state index in [0.29, 0.717) is 0 Å². The monoisotopic (exact) mass is 204 g/mol. The zero-order valence-corrected chi connectivity index (χ0v) is 5.69. The fourth-order valence-electron chi connectivity index (χ4n) is 0.517. The Morgan fingerprint density at radius 3 is 2.00 bits per heavy atom. The highest BCUT2D eigenvalue weighted by Gasteiger charge is 2.61. The molecule has 1 heterocycles.